The second kappa shape index (κ2) is 13.0. The molecule has 4 rings (SSSR count). The zero-order valence-corrected chi connectivity index (χ0v) is 24.8. The van der Waals surface area contributed by atoms with E-state index in [0.717, 1.165) is 11.1 Å². The number of hydrogen-bond acceptors (Lipinski definition) is 7. The Morgan fingerprint density at radius 1 is 1.04 bits per heavy atom. The van der Waals surface area contributed by atoms with Crippen LogP contribution in [0.3, 0.4) is 0 Å². The molecule has 10 nitrogen and oxygen atoms in total. The maximum atomic E-state index is 14.8. The number of halogens is 5. The summed E-state index contributed by atoms with van der Waals surface area (Å²) < 4.78 is 78.2. The van der Waals surface area contributed by atoms with Crippen molar-refractivity contribution in [3.8, 4) is 5.75 Å². The van der Waals surface area contributed by atoms with E-state index < -0.39 is 73.1 Å². The molecule has 1 saturated heterocycles. The van der Waals surface area contributed by atoms with Crippen LogP contribution in [0.2, 0.25) is 0 Å². The van der Waals surface area contributed by atoms with E-state index in [-0.39, 0.29) is 47.8 Å². The van der Waals surface area contributed by atoms with E-state index in [1.54, 1.807) is 20.8 Å². The monoisotopic (exact) mass is 639 g/mol. The molecule has 2 atom stereocenters. The fourth-order valence-corrected chi connectivity index (χ4v) is 5.54. The third-order valence-electron chi connectivity index (χ3n) is 7.64. The van der Waals surface area contributed by atoms with Crippen LogP contribution in [0.1, 0.15) is 64.1 Å². The number of nitrogens with one attached hydrogen (secondary N) is 3. The number of anilines is 2. The summed E-state index contributed by atoms with van der Waals surface area (Å²) in [4.78, 5) is 44.9. The average molecular weight is 640 g/mol. The van der Waals surface area contributed by atoms with E-state index in [2.05, 4.69) is 20.4 Å². The molecular weight excluding hydrogens is 605 g/mol. The van der Waals surface area contributed by atoms with E-state index in [9.17, 15) is 36.3 Å². The standard InChI is InChI=1S/C30H34F5N5O5/c1-28(2,3)45-27(43)38-20-8-9-23(37-21(20)15-36)39-24(41)22-14-18(31)16-40(22)25(42)29(10-12-30(34,35)13-11-29)17-4-6-19(7-5-17)44-26(32)33/h4-9,15,18,22,26,36H,10-14,16H2,1-3H3,(H,38,43)(H,37,39,41)/t18-,22-/m1/s1. The highest BCUT2D eigenvalue weighted by molar-refractivity contribution is 6.00. The van der Waals surface area contributed by atoms with Crippen molar-refractivity contribution in [2.45, 2.75) is 88.6 Å². The highest BCUT2D eigenvalue weighted by Gasteiger charge is 2.53. The Bertz CT molecular complexity index is 1420. The van der Waals surface area contributed by atoms with Crippen molar-refractivity contribution in [3.63, 3.8) is 0 Å². The number of aromatic nitrogens is 1. The Morgan fingerprint density at radius 2 is 1.69 bits per heavy atom. The lowest BCUT2D eigenvalue weighted by atomic mass is 9.67. The molecule has 2 fully saturated rings. The van der Waals surface area contributed by atoms with Crippen LogP contribution in [0.25, 0.3) is 0 Å². The molecule has 1 aromatic carbocycles. The number of amides is 3. The summed E-state index contributed by atoms with van der Waals surface area (Å²) in [6.45, 7) is 1.47. The van der Waals surface area contributed by atoms with Crippen LogP contribution in [-0.2, 0) is 19.7 Å². The molecule has 1 saturated carbocycles. The van der Waals surface area contributed by atoms with E-state index in [1.165, 1.54) is 36.4 Å². The number of benzene rings is 1. The Labute approximate surface area is 256 Å². The van der Waals surface area contributed by atoms with Crippen molar-refractivity contribution < 1.29 is 45.8 Å². The molecular formula is C30H34F5N5O5. The number of carbonyl (C=O) groups excluding carboxylic acids is 3. The minimum atomic E-state index is -3.09. The van der Waals surface area contributed by atoms with Gasteiger partial charge in [0.05, 0.1) is 17.6 Å². The molecule has 0 radical (unpaired) electrons. The molecule has 2 aliphatic rings. The van der Waals surface area contributed by atoms with Gasteiger partial charge in [-0.3, -0.25) is 14.9 Å². The number of alkyl halides is 5. The van der Waals surface area contributed by atoms with Gasteiger partial charge in [0, 0.05) is 25.5 Å². The van der Waals surface area contributed by atoms with Crippen LogP contribution in [-0.4, -0.2) is 70.9 Å². The predicted molar refractivity (Wildman–Crippen MR) is 154 cm³/mol. The topological polar surface area (TPSA) is 134 Å². The summed E-state index contributed by atoms with van der Waals surface area (Å²) >= 11 is 0. The molecule has 0 bridgehead atoms. The number of rotatable bonds is 8. The molecule has 3 N–H and O–H groups in total. The van der Waals surface area contributed by atoms with Gasteiger partial charge < -0.3 is 25.1 Å². The summed E-state index contributed by atoms with van der Waals surface area (Å²) in [5.74, 6) is -4.80. The average Bonchev–Trinajstić information content (AvgIpc) is 3.34. The summed E-state index contributed by atoms with van der Waals surface area (Å²) in [5, 5.41) is 12.6. The Hall–Kier alpha value is -4.30. The third-order valence-corrected chi connectivity index (χ3v) is 7.64. The molecule has 2 aromatic rings. The van der Waals surface area contributed by atoms with Crippen molar-refractivity contribution >= 4 is 35.6 Å². The fourth-order valence-electron chi connectivity index (χ4n) is 5.54. The summed E-state index contributed by atoms with van der Waals surface area (Å²) in [6, 6.07) is 6.46. The number of likely N-dealkylation sites (tertiary alicyclic amines) is 1. The van der Waals surface area contributed by atoms with Crippen molar-refractivity contribution in [2.24, 2.45) is 0 Å². The van der Waals surface area contributed by atoms with Crippen molar-refractivity contribution in [2.75, 3.05) is 17.2 Å². The fraction of sp³-hybridized carbons (Fsp3) is 0.500. The van der Waals surface area contributed by atoms with E-state index in [4.69, 9.17) is 10.1 Å². The van der Waals surface area contributed by atoms with Crippen molar-refractivity contribution in [3.05, 3.63) is 47.7 Å². The van der Waals surface area contributed by atoms with Gasteiger partial charge in [-0.05, 0) is 63.4 Å². The summed E-state index contributed by atoms with van der Waals surface area (Å²) in [6.07, 6.45) is -3.80. The van der Waals surface area contributed by atoms with Gasteiger partial charge in [-0.2, -0.15) is 8.78 Å². The summed E-state index contributed by atoms with van der Waals surface area (Å²) in [5.41, 5.74) is -1.98. The molecule has 1 aliphatic carbocycles. The lowest BCUT2D eigenvalue weighted by molar-refractivity contribution is -0.146. The van der Waals surface area contributed by atoms with Crippen LogP contribution in [0, 0.1) is 5.41 Å². The first-order chi connectivity index (χ1) is 21.0. The quantitative estimate of drug-likeness (QED) is 0.238. The second-order valence-electron chi connectivity index (χ2n) is 12.0. The minimum Gasteiger partial charge on any atom is -0.444 e. The molecule has 2 heterocycles. The van der Waals surface area contributed by atoms with Gasteiger partial charge >= 0.3 is 12.7 Å². The number of ether oxygens (including phenoxy) is 2. The third kappa shape index (κ3) is 8.05. The lowest BCUT2D eigenvalue weighted by Crippen LogP contribution is -2.54. The van der Waals surface area contributed by atoms with E-state index >= 15 is 0 Å². The Balaban J connectivity index is 1.57. The molecule has 0 spiro atoms. The first-order valence-electron chi connectivity index (χ1n) is 14.2. The first kappa shape index (κ1) is 33.6. The number of nitrogens with zero attached hydrogens (tertiary/aromatic N) is 2. The molecule has 3 amide bonds. The minimum absolute atomic E-state index is 0.0252. The van der Waals surface area contributed by atoms with Gasteiger partial charge in [0.25, 0.3) is 0 Å². The number of pyridine rings is 1. The highest BCUT2D eigenvalue weighted by Crippen LogP contribution is 2.47. The van der Waals surface area contributed by atoms with Gasteiger partial charge in [-0.15, -0.1) is 0 Å². The predicted octanol–water partition coefficient (Wildman–Crippen LogP) is 6.05. The van der Waals surface area contributed by atoms with Gasteiger partial charge in [0.1, 0.15) is 35.1 Å². The molecule has 0 unspecified atom stereocenters. The Morgan fingerprint density at radius 3 is 2.27 bits per heavy atom. The Kier molecular flexibility index (Phi) is 9.68. The van der Waals surface area contributed by atoms with Crippen LogP contribution >= 0.6 is 0 Å². The number of carbonyl (C=O) groups is 3. The van der Waals surface area contributed by atoms with Crippen molar-refractivity contribution in [1.29, 1.82) is 5.41 Å². The maximum absolute atomic E-state index is 14.8. The van der Waals surface area contributed by atoms with Crippen molar-refractivity contribution in [1.82, 2.24) is 9.88 Å². The van der Waals surface area contributed by atoms with Gasteiger partial charge in [-0.1, -0.05) is 12.1 Å². The van der Waals surface area contributed by atoms with Gasteiger partial charge in [-0.25, -0.2) is 22.9 Å². The molecule has 45 heavy (non-hydrogen) atoms. The molecule has 15 heteroatoms. The lowest BCUT2D eigenvalue weighted by Gasteiger charge is -2.42. The summed E-state index contributed by atoms with van der Waals surface area (Å²) in [7, 11) is 0. The molecule has 244 valence electrons. The van der Waals surface area contributed by atoms with E-state index in [1.807, 2.05) is 0 Å². The zero-order valence-electron chi connectivity index (χ0n) is 24.8. The maximum Gasteiger partial charge on any atom is 0.412 e. The van der Waals surface area contributed by atoms with Crippen LogP contribution < -0.4 is 15.4 Å². The SMILES string of the molecule is CC(C)(C)OC(=O)Nc1ccc(NC(=O)[C@H]2C[C@@H](F)CN2C(=O)C2(c3ccc(OC(F)F)cc3)CCC(F)(F)CC2)nc1C=N. The van der Waals surface area contributed by atoms with Crippen LogP contribution in [0.15, 0.2) is 36.4 Å². The first-order valence-corrected chi connectivity index (χ1v) is 14.2. The van der Waals surface area contributed by atoms with Gasteiger partial charge in [0.15, 0.2) is 0 Å². The second-order valence-corrected chi connectivity index (χ2v) is 12.0. The van der Waals surface area contributed by atoms with E-state index in [0.29, 0.717) is 0 Å². The largest absolute Gasteiger partial charge is 0.444 e. The normalized spacial score (nSPS) is 20.8. The highest BCUT2D eigenvalue weighted by atomic mass is 19.3. The van der Waals surface area contributed by atoms with Crippen LogP contribution in [0.5, 0.6) is 5.75 Å². The molecule has 1 aliphatic heterocycles. The van der Waals surface area contributed by atoms with Crippen LogP contribution in [0.4, 0.5) is 38.3 Å². The van der Waals surface area contributed by atoms with Gasteiger partial charge in [0.2, 0.25) is 17.7 Å². The number of hydrogen-bond donors (Lipinski definition) is 3. The zero-order chi connectivity index (χ0) is 33.2. The smallest absolute Gasteiger partial charge is 0.412 e. The molecule has 1 aromatic heterocycles.